The van der Waals surface area contributed by atoms with Crippen molar-refractivity contribution in [2.75, 3.05) is 13.1 Å². The summed E-state index contributed by atoms with van der Waals surface area (Å²) in [7, 11) is 0. The van der Waals surface area contributed by atoms with Gasteiger partial charge in [0.25, 0.3) is 5.91 Å². The smallest absolute Gasteiger partial charge is 0.325 e. The van der Waals surface area contributed by atoms with Crippen molar-refractivity contribution in [2.24, 2.45) is 0 Å². The van der Waals surface area contributed by atoms with Crippen LogP contribution >= 0.6 is 0 Å². The number of hydrogen-bond donors (Lipinski definition) is 1. The van der Waals surface area contributed by atoms with E-state index in [0.717, 1.165) is 0 Å². The monoisotopic (exact) mass is 251 g/mol. The minimum atomic E-state index is -0.931. The molecule has 2 heterocycles. The number of rotatable bonds is 2. The van der Waals surface area contributed by atoms with Gasteiger partial charge in [0.2, 0.25) is 5.91 Å². The fourth-order valence-electron chi connectivity index (χ4n) is 2.51. The predicted molar refractivity (Wildman–Crippen MR) is 64.6 cm³/mol. The average Bonchev–Trinajstić information content (AvgIpc) is 2.82. The molecule has 2 fully saturated rings. The van der Waals surface area contributed by atoms with Crippen molar-refractivity contribution in [3.05, 3.63) is 12.7 Å². The molecular weight excluding hydrogens is 234 g/mol. The molecule has 6 heteroatoms. The standard InChI is InChI=1S/C12H17N3O3/c1-4-9(16)14-6-5-12(7-14)10(17)15(8(2)3)11(18)13-12/h4,8H,1,5-7H2,2-3H3,(H,13,18)/t12-/m1/s1. The van der Waals surface area contributed by atoms with Crippen molar-refractivity contribution in [3.8, 4) is 0 Å². The van der Waals surface area contributed by atoms with Gasteiger partial charge in [0, 0.05) is 12.6 Å². The van der Waals surface area contributed by atoms with Crippen LogP contribution in [0.25, 0.3) is 0 Å². The van der Waals surface area contributed by atoms with Crippen molar-refractivity contribution in [2.45, 2.75) is 31.8 Å². The van der Waals surface area contributed by atoms with Crippen molar-refractivity contribution in [3.63, 3.8) is 0 Å². The van der Waals surface area contributed by atoms with Gasteiger partial charge < -0.3 is 10.2 Å². The Morgan fingerprint density at radius 2 is 2.17 bits per heavy atom. The highest BCUT2D eigenvalue weighted by molar-refractivity contribution is 6.08. The van der Waals surface area contributed by atoms with Crippen LogP contribution in [-0.4, -0.2) is 52.3 Å². The fraction of sp³-hybridized carbons (Fsp3) is 0.583. The Bertz CT molecular complexity index is 432. The van der Waals surface area contributed by atoms with Crippen LogP contribution in [0.15, 0.2) is 12.7 Å². The van der Waals surface area contributed by atoms with E-state index in [1.807, 2.05) is 0 Å². The minimum absolute atomic E-state index is 0.180. The van der Waals surface area contributed by atoms with Crippen LogP contribution in [0.1, 0.15) is 20.3 Å². The average molecular weight is 251 g/mol. The third-order valence-corrected chi connectivity index (χ3v) is 3.47. The van der Waals surface area contributed by atoms with Crippen molar-refractivity contribution < 1.29 is 14.4 Å². The maximum absolute atomic E-state index is 12.3. The molecule has 1 atom stereocenters. The minimum Gasteiger partial charge on any atom is -0.336 e. The lowest BCUT2D eigenvalue weighted by Crippen LogP contribution is -2.50. The number of amides is 4. The van der Waals surface area contributed by atoms with Crippen molar-refractivity contribution >= 4 is 17.8 Å². The maximum atomic E-state index is 12.3. The van der Waals surface area contributed by atoms with Crippen LogP contribution in [0.4, 0.5) is 4.79 Å². The zero-order valence-electron chi connectivity index (χ0n) is 10.6. The van der Waals surface area contributed by atoms with Crippen LogP contribution in [-0.2, 0) is 9.59 Å². The first-order valence-electron chi connectivity index (χ1n) is 5.98. The second-order valence-corrected chi connectivity index (χ2v) is 5.00. The normalized spacial score (nSPS) is 27.3. The van der Waals surface area contributed by atoms with E-state index in [1.54, 1.807) is 13.8 Å². The molecule has 2 rings (SSSR count). The fourth-order valence-corrected chi connectivity index (χ4v) is 2.51. The number of carbonyl (C=O) groups excluding carboxylic acids is 3. The van der Waals surface area contributed by atoms with Crippen LogP contribution in [0.3, 0.4) is 0 Å². The zero-order chi connectivity index (χ0) is 13.5. The molecule has 98 valence electrons. The Balaban J connectivity index is 2.21. The largest absolute Gasteiger partial charge is 0.336 e. The first-order chi connectivity index (χ1) is 8.41. The topological polar surface area (TPSA) is 69.7 Å². The molecule has 2 aliphatic rings. The summed E-state index contributed by atoms with van der Waals surface area (Å²) in [6.45, 7) is 7.69. The van der Waals surface area contributed by atoms with Gasteiger partial charge in [0.1, 0.15) is 5.54 Å². The number of imide groups is 1. The summed E-state index contributed by atoms with van der Waals surface area (Å²) in [4.78, 5) is 38.4. The second kappa shape index (κ2) is 4.12. The molecule has 1 spiro atoms. The summed E-state index contributed by atoms with van der Waals surface area (Å²) < 4.78 is 0. The maximum Gasteiger partial charge on any atom is 0.325 e. The van der Waals surface area contributed by atoms with Crippen molar-refractivity contribution in [1.82, 2.24) is 15.1 Å². The van der Waals surface area contributed by atoms with E-state index in [2.05, 4.69) is 11.9 Å². The molecule has 18 heavy (non-hydrogen) atoms. The van der Waals surface area contributed by atoms with E-state index < -0.39 is 5.54 Å². The summed E-state index contributed by atoms with van der Waals surface area (Å²) >= 11 is 0. The van der Waals surface area contributed by atoms with Crippen LogP contribution in [0.2, 0.25) is 0 Å². The molecule has 0 bridgehead atoms. The summed E-state index contributed by atoms with van der Waals surface area (Å²) in [5, 5.41) is 2.73. The van der Waals surface area contributed by atoms with Gasteiger partial charge in [-0.2, -0.15) is 0 Å². The molecule has 0 aromatic heterocycles. The molecule has 0 radical (unpaired) electrons. The SMILES string of the molecule is C=CC(=O)N1CC[C@]2(C1)NC(=O)N(C(C)C)C2=O. The van der Waals surface area contributed by atoms with E-state index in [-0.39, 0.29) is 30.4 Å². The molecule has 0 saturated carbocycles. The van der Waals surface area contributed by atoms with Crippen molar-refractivity contribution in [1.29, 1.82) is 0 Å². The Hall–Kier alpha value is -1.85. The molecule has 6 nitrogen and oxygen atoms in total. The molecule has 0 aliphatic carbocycles. The van der Waals surface area contributed by atoms with Crippen LogP contribution in [0.5, 0.6) is 0 Å². The third-order valence-electron chi connectivity index (χ3n) is 3.47. The van der Waals surface area contributed by atoms with E-state index in [9.17, 15) is 14.4 Å². The molecule has 0 aromatic rings. The van der Waals surface area contributed by atoms with Gasteiger partial charge in [-0.1, -0.05) is 6.58 Å². The Morgan fingerprint density at radius 1 is 1.50 bits per heavy atom. The van der Waals surface area contributed by atoms with Gasteiger partial charge >= 0.3 is 6.03 Å². The number of nitrogens with zero attached hydrogens (tertiary/aromatic N) is 2. The quantitative estimate of drug-likeness (QED) is 0.559. The number of carbonyl (C=O) groups is 3. The summed E-state index contributed by atoms with van der Waals surface area (Å²) in [5.41, 5.74) is -0.931. The molecule has 0 unspecified atom stereocenters. The predicted octanol–water partition coefficient (Wildman–Crippen LogP) is 0.104. The first kappa shape index (κ1) is 12.6. The van der Waals surface area contributed by atoms with E-state index in [4.69, 9.17) is 0 Å². The number of urea groups is 1. The summed E-state index contributed by atoms with van der Waals surface area (Å²) in [6.07, 6.45) is 1.68. The van der Waals surface area contributed by atoms with Gasteiger partial charge in [0.05, 0.1) is 6.54 Å². The van der Waals surface area contributed by atoms with Gasteiger partial charge in [0.15, 0.2) is 0 Å². The van der Waals surface area contributed by atoms with Gasteiger partial charge in [-0.15, -0.1) is 0 Å². The van der Waals surface area contributed by atoms with E-state index in [0.29, 0.717) is 13.0 Å². The Kier molecular flexibility index (Phi) is 2.88. The van der Waals surface area contributed by atoms with Gasteiger partial charge in [-0.25, -0.2) is 4.79 Å². The van der Waals surface area contributed by atoms with Crippen LogP contribution in [0, 0.1) is 0 Å². The van der Waals surface area contributed by atoms with Gasteiger partial charge in [-0.05, 0) is 26.3 Å². The Morgan fingerprint density at radius 3 is 2.67 bits per heavy atom. The van der Waals surface area contributed by atoms with E-state index >= 15 is 0 Å². The lowest BCUT2D eigenvalue weighted by atomic mass is 9.98. The summed E-state index contributed by atoms with van der Waals surface area (Å²) in [6, 6.07) is -0.552. The highest BCUT2D eigenvalue weighted by Crippen LogP contribution is 2.29. The zero-order valence-corrected chi connectivity index (χ0v) is 10.6. The molecule has 2 aliphatic heterocycles. The Labute approximate surface area is 106 Å². The van der Waals surface area contributed by atoms with Crippen LogP contribution < -0.4 is 5.32 Å². The lowest BCUT2D eigenvalue weighted by Gasteiger charge is -2.22. The number of likely N-dealkylation sites (tertiary alicyclic amines) is 1. The first-order valence-corrected chi connectivity index (χ1v) is 5.98. The summed E-state index contributed by atoms with van der Waals surface area (Å²) in [5.74, 6) is -0.446. The number of nitrogens with one attached hydrogen (secondary N) is 1. The molecule has 2 saturated heterocycles. The molecule has 1 N–H and O–H groups in total. The second-order valence-electron chi connectivity index (χ2n) is 5.00. The highest BCUT2D eigenvalue weighted by atomic mass is 16.2. The highest BCUT2D eigenvalue weighted by Gasteiger charge is 2.55. The number of hydrogen-bond acceptors (Lipinski definition) is 3. The van der Waals surface area contributed by atoms with E-state index in [1.165, 1.54) is 15.9 Å². The lowest BCUT2D eigenvalue weighted by molar-refractivity contribution is -0.132. The molecule has 4 amide bonds. The molecular formula is C12H17N3O3. The third kappa shape index (κ3) is 1.68. The molecule has 0 aromatic carbocycles. The van der Waals surface area contributed by atoms with Gasteiger partial charge in [-0.3, -0.25) is 14.5 Å².